The number of carbonyl (C=O) groups excluding carboxylic acids is 2. The molecule has 2 N–H and O–H groups in total. The third kappa shape index (κ3) is 9.14. The van der Waals surface area contributed by atoms with Gasteiger partial charge in [0.25, 0.3) is 0 Å². The standard InChI is InChI=1S/C27H36N4O6/c1-18(20-12-14-22(34-3)24(16-20)36-5)28-30-26(32)10-8-7-9-11-27(33)31-29-19(2)21-13-15-23(35-4)25(17-21)37-6/h12-17H,7-11H2,1-6H3,(H,30,32)(H,31,33). The molecular formula is C27H36N4O6. The van der Waals surface area contributed by atoms with E-state index < -0.39 is 0 Å². The Bertz CT molecular complexity index is 1040. The van der Waals surface area contributed by atoms with Gasteiger partial charge in [-0.2, -0.15) is 10.2 Å². The van der Waals surface area contributed by atoms with E-state index >= 15 is 0 Å². The first-order valence-corrected chi connectivity index (χ1v) is 11.9. The Morgan fingerprint density at radius 2 is 1.00 bits per heavy atom. The minimum atomic E-state index is -0.181. The molecule has 0 unspecified atom stereocenters. The maximum Gasteiger partial charge on any atom is 0.240 e. The Morgan fingerprint density at radius 3 is 1.35 bits per heavy atom. The summed E-state index contributed by atoms with van der Waals surface area (Å²) in [5.74, 6) is 2.06. The zero-order valence-electron chi connectivity index (χ0n) is 22.3. The van der Waals surface area contributed by atoms with Crippen LogP contribution in [0.5, 0.6) is 23.0 Å². The molecule has 2 aromatic carbocycles. The fourth-order valence-electron chi connectivity index (χ4n) is 3.40. The van der Waals surface area contributed by atoms with Gasteiger partial charge in [-0.05, 0) is 63.1 Å². The minimum absolute atomic E-state index is 0.181. The van der Waals surface area contributed by atoms with Crippen molar-refractivity contribution in [2.45, 2.75) is 46.0 Å². The van der Waals surface area contributed by atoms with Gasteiger partial charge in [0.1, 0.15) is 0 Å². The topological polar surface area (TPSA) is 120 Å². The molecule has 0 heterocycles. The number of hydrazone groups is 2. The molecule has 0 fully saturated rings. The molecule has 0 aromatic heterocycles. The number of benzene rings is 2. The predicted octanol–water partition coefficient (Wildman–Crippen LogP) is 4.05. The van der Waals surface area contributed by atoms with Crippen molar-refractivity contribution >= 4 is 23.2 Å². The van der Waals surface area contributed by atoms with Crippen LogP contribution in [0.25, 0.3) is 0 Å². The first-order chi connectivity index (χ1) is 17.8. The van der Waals surface area contributed by atoms with Gasteiger partial charge in [-0.3, -0.25) is 9.59 Å². The van der Waals surface area contributed by atoms with Crippen molar-refractivity contribution in [2.75, 3.05) is 28.4 Å². The first kappa shape index (κ1) is 29.2. The normalized spacial score (nSPS) is 11.5. The van der Waals surface area contributed by atoms with Crippen LogP contribution in [0.15, 0.2) is 46.6 Å². The fraction of sp³-hybridized carbons (Fsp3) is 0.407. The molecule has 2 aromatic rings. The van der Waals surface area contributed by atoms with Crippen LogP contribution in [-0.4, -0.2) is 51.7 Å². The van der Waals surface area contributed by atoms with E-state index in [1.54, 1.807) is 66.6 Å². The second-order valence-corrected chi connectivity index (χ2v) is 8.16. The quantitative estimate of drug-likeness (QED) is 0.224. The SMILES string of the molecule is COc1ccc(C(C)=NNC(=O)CCCCCC(=O)NN=C(C)c2ccc(OC)c(OC)c2)cc1OC. The number of amides is 2. The van der Waals surface area contributed by atoms with Crippen molar-refractivity contribution in [3.05, 3.63) is 47.5 Å². The summed E-state index contributed by atoms with van der Waals surface area (Å²) in [6, 6.07) is 10.9. The molecule has 0 aliphatic rings. The molecule has 200 valence electrons. The molecule has 2 amide bonds. The number of unbranched alkanes of at least 4 members (excludes halogenated alkanes) is 2. The molecule has 0 spiro atoms. The number of rotatable bonds is 14. The Balaban J connectivity index is 1.70. The van der Waals surface area contributed by atoms with Gasteiger partial charge < -0.3 is 18.9 Å². The van der Waals surface area contributed by atoms with Crippen LogP contribution >= 0.6 is 0 Å². The lowest BCUT2D eigenvalue weighted by atomic mass is 10.1. The number of methoxy groups -OCH3 is 4. The van der Waals surface area contributed by atoms with E-state index in [-0.39, 0.29) is 11.8 Å². The molecule has 37 heavy (non-hydrogen) atoms. The van der Waals surface area contributed by atoms with E-state index in [1.165, 1.54) is 0 Å². The smallest absolute Gasteiger partial charge is 0.240 e. The molecule has 0 saturated carbocycles. The van der Waals surface area contributed by atoms with Gasteiger partial charge in [0.2, 0.25) is 11.8 Å². The Labute approximate surface area is 218 Å². The third-order valence-corrected chi connectivity index (χ3v) is 5.61. The average molecular weight is 513 g/mol. The fourth-order valence-corrected chi connectivity index (χ4v) is 3.40. The Kier molecular flexibility index (Phi) is 11.9. The molecule has 0 aliphatic carbocycles. The predicted molar refractivity (Wildman–Crippen MR) is 143 cm³/mol. The largest absolute Gasteiger partial charge is 0.493 e. The van der Waals surface area contributed by atoms with Crippen LogP contribution in [-0.2, 0) is 9.59 Å². The van der Waals surface area contributed by atoms with Crippen LogP contribution in [0.2, 0.25) is 0 Å². The molecule has 0 bridgehead atoms. The number of carbonyl (C=O) groups is 2. The molecule has 0 aliphatic heterocycles. The van der Waals surface area contributed by atoms with Gasteiger partial charge in [0.05, 0.1) is 39.9 Å². The van der Waals surface area contributed by atoms with E-state index in [2.05, 4.69) is 21.1 Å². The summed E-state index contributed by atoms with van der Waals surface area (Å²) >= 11 is 0. The number of nitrogens with one attached hydrogen (secondary N) is 2. The highest BCUT2D eigenvalue weighted by Gasteiger charge is 2.09. The maximum atomic E-state index is 12.1. The van der Waals surface area contributed by atoms with Crippen molar-refractivity contribution in [3.63, 3.8) is 0 Å². The number of hydrogen-bond acceptors (Lipinski definition) is 8. The third-order valence-electron chi connectivity index (χ3n) is 5.61. The zero-order chi connectivity index (χ0) is 27.2. The van der Waals surface area contributed by atoms with Crippen molar-refractivity contribution in [1.29, 1.82) is 0 Å². The highest BCUT2D eigenvalue weighted by atomic mass is 16.5. The summed E-state index contributed by atoms with van der Waals surface area (Å²) in [5.41, 5.74) is 8.07. The molecule has 10 nitrogen and oxygen atoms in total. The monoisotopic (exact) mass is 512 g/mol. The summed E-state index contributed by atoms with van der Waals surface area (Å²) in [5, 5.41) is 8.33. The van der Waals surface area contributed by atoms with E-state index in [0.29, 0.717) is 60.1 Å². The van der Waals surface area contributed by atoms with Crippen molar-refractivity contribution in [2.24, 2.45) is 10.2 Å². The Morgan fingerprint density at radius 1 is 0.622 bits per heavy atom. The minimum Gasteiger partial charge on any atom is -0.493 e. The molecule has 0 atom stereocenters. The highest BCUT2D eigenvalue weighted by molar-refractivity contribution is 6.00. The van der Waals surface area contributed by atoms with Gasteiger partial charge in [-0.1, -0.05) is 6.42 Å². The van der Waals surface area contributed by atoms with Gasteiger partial charge >= 0.3 is 0 Å². The van der Waals surface area contributed by atoms with Crippen LogP contribution in [0.1, 0.15) is 57.1 Å². The van der Waals surface area contributed by atoms with E-state index in [9.17, 15) is 9.59 Å². The molecule has 10 heteroatoms. The van der Waals surface area contributed by atoms with Crippen molar-refractivity contribution < 1.29 is 28.5 Å². The van der Waals surface area contributed by atoms with Crippen molar-refractivity contribution in [3.8, 4) is 23.0 Å². The van der Waals surface area contributed by atoms with Gasteiger partial charge in [-0.25, -0.2) is 10.9 Å². The molecule has 0 radical (unpaired) electrons. The summed E-state index contributed by atoms with van der Waals surface area (Å²) in [6.07, 6.45) is 2.68. The van der Waals surface area contributed by atoms with Gasteiger partial charge in [0, 0.05) is 24.0 Å². The molecular weight excluding hydrogens is 476 g/mol. The highest BCUT2D eigenvalue weighted by Crippen LogP contribution is 2.28. The van der Waals surface area contributed by atoms with Gasteiger partial charge in [-0.15, -0.1) is 0 Å². The second-order valence-electron chi connectivity index (χ2n) is 8.16. The van der Waals surface area contributed by atoms with Crippen LogP contribution in [0, 0.1) is 0 Å². The molecule has 0 saturated heterocycles. The number of hydrogen-bond donors (Lipinski definition) is 2. The average Bonchev–Trinajstić information content (AvgIpc) is 2.93. The maximum absolute atomic E-state index is 12.1. The lowest BCUT2D eigenvalue weighted by Gasteiger charge is -2.09. The van der Waals surface area contributed by atoms with Crippen molar-refractivity contribution in [1.82, 2.24) is 10.9 Å². The second kappa shape index (κ2) is 15.1. The van der Waals surface area contributed by atoms with Gasteiger partial charge in [0.15, 0.2) is 23.0 Å². The summed E-state index contributed by atoms with van der Waals surface area (Å²) in [6.45, 7) is 3.60. The number of ether oxygens (including phenoxy) is 4. The zero-order valence-corrected chi connectivity index (χ0v) is 22.3. The summed E-state index contributed by atoms with van der Waals surface area (Å²) < 4.78 is 21.1. The van der Waals surface area contributed by atoms with E-state index in [4.69, 9.17) is 18.9 Å². The first-order valence-electron chi connectivity index (χ1n) is 11.9. The van der Waals surface area contributed by atoms with E-state index in [0.717, 1.165) is 17.5 Å². The van der Waals surface area contributed by atoms with Crippen LogP contribution in [0.4, 0.5) is 0 Å². The lowest BCUT2D eigenvalue weighted by molar-refractivity contribution is -0.121. The van der Waals surface area contributed by atoms with Crippen LogP contribution in [0.3, 0.4) is 0 Å². The van der Waals surface area contributed by atoms with E-state index in [1.807, 2.05) is 12.1 Å². The summed E-state index contributed by atoms with van der Waals surface area (Å²) in [4.78, 5) is 24.2. The Hall–Kier alpha value is -4.08. The molecule has 2 rings (SSSR count). The lowest BCUT2D eigenvalue weighted by Crippen LogP contribution is -2.19. The summed E-state index contributed by atoms with van der Waals surface area (Å²) in [7, 11) is 6.27. The van der Waals surface area contributed by atoms with Crippen LogP contribution < -0.4 is 29.8 Å². The number of nitrogens with zero attached hydrogens (tertiary/aromatic N) is 2.